The largest absolute Gasteiger partial charge is 0.573 e. The third-order valence-corrected chi connectivity index (χ3v) is 4.59. The zero-order valence-corrected chi connectivity index (χ0v) is 14.4. The number of hydrogen-bond donors (Lipinski definition) is 1. The maximum Gasteiger partial charge on any atom is 0.573 e. The quantitative estimate of drug-likeness (QED) is 0.500. The molecule has 0 aliphatic heterocycles. The Bertz CT molecular complexity index is 702. The first-order valence-corrected chi connectivity index (χ1v) is 8.31. The summed E-state index contributed by atoms with van der Waals surface area (Å²) in [7, 11) is 0. The van der Waals surface area contributed by atoms with Gasteiger partial charge in [-0.2, -0.15) is 0 Å². The number of halogens is 4. The summed E-state index contributed by atoms with van der Waals surface area (Å²) in [4.78, 5) is 11.6. The fourth-order valence-corrected chi connectivity index (χ4v) is 3.08. The molecule has 0 saturated carbocycles. The molecule has 23 heavy (non-hydrogen) atoms. The van der Waals surface area contributed by atoms with E-state index in [0.29, 0.717) is 10.6 Å². The van der Waals surface area contributed by atoms with Crippen molar-refractivity contribution in [3.05, 3.63) is 57.2 Å². The van der Waals surface area contributed by atoms with E-state index in [4.69, 9.17) is 0 Å². The van der Waals surface area contributed by atoms with Crippen LogP contribution < -0.4 is 4.74 Å². The third kappa shape index (κ3) is 5.61. The van der Waals surface area contributed by atoms with Crippen molar-refractivity contribution in [1.29, 1.82) is 0 Å². The average molecular weight is 454 g/mol. The molecule has 8 heteroatoms. The van der Waals surface area contributed by atoms with Gasteiger partial charge >= 0.3 is 12.3 Å². The van der Waals surface area contributed by atoms with Crippen LogP contribution in [0.2, 0.25) is 0 Å². The highest BCUT2D eigenvalue weighted by atomic mass is 127. The molecule has 2 aromatic rings. The van der Waals surface area contributed by atoms with E-state index in [9.17, 15) is 23.1 Å². The molecule has 0 unspecified atom stereocenters. The Morgan fingerprint density at radius 1 is 1.17 bits per heavy atom. The highest BCUT2D eigenvalue weighted by Gasteiger charge is 2.31. The summed E-state index contributed by atoms with van der Waals surface area (Å²) >= 11 is 3.42. The van der Waals surface area contributed by atoms with Crippen molar-refractivity contribution in [3.8, 4) is 5.75 Å². The molecular formula is C15H10F3IO3S. The number of hydrogen-bond acceptors (Lipinski definition) is 3. The number of carbonyl (C=O) groups is 1. The molecule has 0 aromatic heterocycles. The number of benzene rings is 2. The van der Waals surface area contributed by atoms with E-state index in [2.05, 4.69) is 27.3 Å². The van der Waals surface area contributed by atoms with Crippen molar-refractivity contribution in [2.45, 2.75) is 17.0 Å². The zero-order valence-electron chi connectivity index (χ0n) is 11.4. The summed E-state index contributed by atoms with van der Waals surface area (Å²) in [6.45, 7) is 0. The number of carboxylic acid groups (broad SMARTS) is 1. The number of aromatic carboxylic acids is 1. The minimum atomic E-state index is -4.86. The molecule has 2 aromatic carbocycles. The first-order chi connectivity index (χ1) is 10.7. The van der Waals surface area contributed by atoms with E-state index < -0.39 is 18.1 Å². The summed E-state index contributed by atoms with van der Waals surface area (Å²) in [5, 5.41) is 9.17. The Balaban J connectivity index is 2.17. The second-order valence-electron chi connectivity index (χ2n) is 4.43. The molecule has 0 aliphatic rings. The summed E-state index contributed by atoms with van der Waals surface area (Å²) in [5.74, 6) is -1.34. The van der Waals surface area contributed by atoms with Crippen LogP contribution in [-0.2, 0) is 5.75 Å². The molecular weight excluding hydrogens is 444 g/mol. The van der Waals surface area contributed by atoms with E-state index in [0.717, 1.165) is 21.3 Å². The zero-order chi connectivity index (χ0) is 17.0. The summed E-state index contributed by atoms with van der Waals surface area (Å²) in [5.41, 5.74) is 0.768. The Labute approximate surface area is 148 Å². The van der Waals surface area contributed by atoms with Gasteiger partial charge in [0.15, 0.2) is 0 Å². The molecule has 0 saturated heterocycles. The second kappa shape index (κ2) is 7.43. The van der Waals surface area contributed by atoms with Crippen molar-refractivity contribution in [2.24, 2.45) is 0 Å². The van der Waals surface area contributed by atoms with E-state index in [1.807, 2.05) is 24.3 Å². The minimum Gasteiger partial charge on any atom is -0.478 e. The van der Waals surface area contributed by atoms with Gasteiger partial charge in [0.2, 0.25) is 0 Å². The molecule has 122 valence electrons. The molecule has 0 bridgehead atoms. The fraction of sp³-hybridized carbons (Fsp3) is 0.133. The van der Waals surface area contributed by atoms with E-state index >= 15 is 0 Å². The van der Waals surface area contributed by atoms with Crippen LogP contribution in [0, 0.1) is 3.57 Å². The molecule has 0 radical (unpaired) electrons. The maximum atomic E-state index is 12.2. The molecule has 0 amide bonds. The molecule has 2 rings (SSSR count). The van der Waals surface area contributed by atoms with Crippen LogP contribution in [0.25, 0.3) is 0 Å². The van der Waals surface area contributed by atoms with E-state index in [1.54, 1.807) is 0 Å². The van der Waals surface area contributed by atoms with Crippen LogP contribution in [0.5, 0.6) is 5.75 Å². The van der Waals surface area contributed by atoms with Crippen molar-refractivity contribution < 1.29 is 27.8 Å². The lowest BCUT2D eigenvalue weighted by molar-refractivity contribution is -0.274. The molecule has 1 N–H and O–H groups in total. The Kier molecular flexibility index (Phi) is 5.79. The monoisotopic (exact) mass is 454 g/mol. The maximum absolute atomic E-state index is 12.2. The van der Waals surface area contributed by atoms with Gasteiger partial charge in [-0.05, 0) is 58.5 Å². The molecule has 0 spiro atoms. The molecule has 0 aliphatic carbocycles. The molecule has 0 atom stereocenters. The number of thioether (sulfide) groups is 1. The van der Waals surface area contributed by atoms with Gasteiger partial charge in [0, 0.05) is 14.2 Å². The van der Waals surface area contributed by atoms with Crippen molar-refractivity contribution in [1.82, 2.24) is 0 Å². The van der Waals surface area contributed by atoms with Crippen molar-refractivity contribution in [3.63, 3.8) is 0 Å². The SMILES string of the molecule is O=C(O)c1cc(OC(F)(F)F)ccc1SCc1ccc(I)cc1. The first-order valence-electron chi connectivity index (χ1n) is 6.25. The van der Waals surface area contributed by atoms with Crippen LogP contribution in [0.3, 0.4) is 0 Å². The van der Waals surface area contributed by atoms with Gasteiger partial charge in [0.25, 0.3) is 0 Å². The average Bonchev–Trinajstić information content (AvgIpc) is 2.45. The van der Waals surface area contributed by atoms with Gasteiger partial charge in [-0.25, -0.2) is 4.79 Å². The molecule has 0 heterocycles. The van der Waals surface area contributed by atoms with Gasteiger partial charge in [-0.15, -0.1) is 24.9 Å². The van der Waals surface area contributed by atoms with Gasteiger partial charge in [0.1, 0.15) is 5.75 Å². The van der Waals surface area contributed by atoms with Crippen LogP contribution in [-0.4, -0.2) is 17.4 Å². The topological polar surface area (TPSA) is 46.5 Å². The van der Waals surface area contributed by atoms with Gasteiger partial charge in [-0.3, -0.25) is 0 Å². The van der Waals surface area contributed by atoms with E-state index in [1.165, 1.54) is 17.8 Å². The van der Waals surface area contributed by atoms with Gasteiger partial charge < -0.3 is 9.84 Å². The fourth-order valence-electron chi connectivity index (χ4n) is 1.74. The summed E-state index contributed by atoms with van der Waals surface area (Å²) < 4.78 is 41.4. The minimum absolute atomic E-state index is 0.220. The van der Waals surface area contributed by atoms with Crippen LogP contribution in [0.15, 0.2) is 47.4 Å². The van der Waals surface area contributed by atoms with Crippen LogP contribution in [0.4, 0.5) is 13.2 Å². The van der Waals surface area contributed by atoms with Crippen molar-refractivity contribution in [2.75, 3.05) is 0 Å². The summed E-state index contributed by atoms with van der Waals surface area (Å²) in [6, 6.07) is 11.0. The summed E-state index contributed by atoms with van der Waals surface area (Å²) in [6.07, 6.45) is -4.86. The van der Waals surface area contributed by atoms with Gasteiger partial charge in [-0.1, -0.05) is 12.1 Å². The van der Waals surface area contributed by atoms with Crippen molar-refractivity contribution >= 4 is 40.3 Å². The number of ether oxygens (including phenoxy) is 1. The molecule has 0 fully saturated rings. The third-order valence-electron chi connectivity index (χ3n) is 2.72. The number of rotatable bonds is 5. The Morgan fingerprint density at radius 2 is 1.83 bits per heavy atom. The Morgan fingerprint density at radius 3 is 2.39 bits per heavy atom. The number of carboxylic acids is 1. The lowest BCUT2D eigenvalue weighted by atomic mass is 10.2. The number of alkyl halides is 3. The first kappa shape index (κ1) is 17.9. The predicted octanol–water partition coefficient (Wildman–Crippen LogP) is 5.18. The lowest BCUT2D eigenvalue weighted by Gasteiger charge is -2.11. The second-order valence-corrected chi connectivity index (χ2v) is 6.69. The molecule has 3 nitrogen and oxygen atoms in total. The van der Waals surface area contributed by atoms with Crippen LogP contribution in [0.1, 0.15) is 15.9 Å². The Hall–Kier alpha value is -1.42. The smallest absolute Gasteiger partial charge is 0.478 e. The van der Waals surface area contributed by atoms with E-state index in [-0.39, 0.29) is 5.56 Å². The van der Waals surface area contributed by atoms with Crippen LogP contribution >= 0.6 is 34.4 Å². The lowest BCUT2D eigenvalue weighted by Crippen LogP contribution is -2.17. The normalized spacial score (nSPS) is 11.3. The highest BCUT2D eigenvalue weighted by molar-refractivity contribution is 14.1. The standard InChI is InChI=1S/C15H10F3IO3S/c16-15(17,18)22-11-5-6-13(12(7-11)14(20)21)23-8-9-1-3-10(19)4-2-9/h1-7H,8H2,(H,20,21). The highest BCUT2D eigenvalue weighted by Crippen LogP contribution is 2.31. The predicted molar refractivity (Wildman–Crippen MR) is 88.8 cm³/mol. The van der Waals surface area contributed by atoms with Gasteiger partial charge in [0.05, 0.1) is 5.56 Å².